The van der Waals surface area contributed by atoms with Crippen molar-refractivity contribution >= 4 is 32.7 Å². The van der Waals surface area contributed by atoms with Gasteiger partial charge in [0.15, 0.2) is 5.65 Å². The minimum Gasteiger partial charge on any atom is -0.497 e. The van der Waals surface area contributed by atoms with E-state index >= 15 is 0 Å². The van der Waals surface area contributed by atoms with Crippen LogP contribution in [-0.2, 0) is 23.1 Å². The van der Waals surface area contributed by atoms with Crippen molar-refractivity contribution in [3.8, 4) is 5.75 Å². The molecule has 192 valence electrons. The average molecular weight is 530 g/mol. The van der Waals surface area contributed by atoms with E-state index in [-0.39, 0.29) is 22.7 Å². The summed E-state index contributed by atoms with van der Waals surface area (Å²) in [7, 11) is -2.77. The molecule has 0 aliphatic rings. The molecule has 0 saturated heterocycles. The Labute approximate surface area is 218 Å². The third-order valence-electron chi connectivity index (χ3n) is 5.99. The number of aromatic nitrogens is 4. The van der Waals surface area contributed by atoms with Crippen LogP contribution in [0.5, 0.6) is 5.75 Å². The number of carbonyl (C=O) groups is 1. The Bertz CT molecular complexity index is 1690. The molecule has 11 heteroatoms. The molecular formula is C27H23N5O5S. The van der Waals surface area contributed by atoms with Crippen molar-refractivity contribution < 1.29 is 23.1 Å². The minimum atomic E-state index is -4.25. The molecule has 0 fully saturated rings. The van der Waals surface area contributed by atoms with Crippen molar-refractivity contribution in [1.82, 2.24) is 19.7 Å². The summed E-state index contributed by atoms with van der Waals surface area (Å²) in [5.74, 6) is -0.825. The Kier molecular flexibility index (Phi) is 6.75. The zero-order valence-electron chi connectivity index (χ0n) is 20.3. The number of benzene rings is 2. The lowest BCUT2D eigenvalue weighted by Gasteiger charge is -2.26. The number of pyridine rings is 2. The number of methoxy groups -OCH3 is 1. The third-order valence-corrected chi connectivity index (χ3v) is 7.75. The van der Waals surface area contributed by atoms with Crippen LogP contribution in [0.4, 0.5) is 5.69 Å². The second-order valence-electron chi connectivity index (χ2n) is 8.40. The second-order valence-corrected chi connectivity index (χ2v) is 10.3. The Balaban J connectivity index is 1.71. The molecule has 5 rings (SSSR count). The molecular weight excluding hydrogens is 506 g/mol. The summed E-state index contributed by atoms with van der Waals surface area (Å²) in [4.78, 5) is 20.8. The number of fused-ring (bicyclic) bond motifs is 1. The Morgan fingerprint density at radius 3 is 2.37 bits per heavy atom. The zero-order valence-corrected chi connectivity index (χ0v) is 21.1. The van der Waals surface area contributed by atoms with Gasteiger partial charge in [-0.3, -0.25) is 9.29 Å². The standard InChI is InChI=1S/C27H23N5O5S/c1-37-21-9-11-22(12-10-21)38(35,36)32(18-20-8-5-13-28-14-20)25-23-16-30-31(17-19-6-3-2-4-7-19)26(23)29-15-24(25)27(33)34/h2-16H,17-18H2,1H3,(H,33,34). The lowest BCUT2D eigenvalue weighted by atomic mass is 10.1. The van der Waals surface area contributed by atoms with E-state index < -0.39 is 16.0 Å². The van der Waals surface area contributed by atoms with E-state index in [9.17, 15) is 18.3 Å². The first-order chi connectivity index (χ1) is 18.4. The number of carboxylic acids is 1. The zero-order chi connectivity index (χ0) is 26.7. The number of anilines is 1. The predicted molar refractivity (Wildman–Crippen MR) is 141 cm³/mol. The van der Waals surface area contributed by atoms with E-state index in [0.29, 0.717) is 28.9 Å². The fraction of sp³-hybridized carbons (Fsp3) is 0.111. The number of hydrogen-bond acceptors (Lipinski definition) is 7. The molecule has 38 heavy (non-hydrogen) atoms. The largest absolute Gasteiger partial charge is 0.497 e. The average Bonchev–Trinajstić information content (AvgIpc) is 3.35. The summed E-state index contributed by atoms with van der Waals surface area (Å²) >= 11 is 0. The molecule has 3 aromatic heterocycles. The molecule has 3 heterocycles. The summed E-state index contributed by atoms with van der Waals surface area (Å²) in [6.45, 7) is 0.211. The first-order valence-electron chi connectivity index (χ1n) is 11.6. The molecule has 2 aromatic carbocycles. The minimum absolute atomic E-state index is 0.0264. The Hall–Kier alpha value is -4.77. The van der Waals surface area contributed by atoms with Crippen molar-refractivity contribution in [3.63, 3.8) is 0 Å². The van der Waals surface area contributed by atoms with Gasteiger partial charge in [0.2, 0.25) is 0 Å². The monoisotopic (exact) mass is 529 g/mol. The van der Waals surface area contributed by atoms with Crippen LogP contribution in [0.25, 0.3) is 11.0 Å². The number of carboxylic acid groups (broad SMARTS) is 1. The van der Waals surface area contributed by atoms with Crippen LogP contribution >= 0.6 is 0 Å². The topological polar surface area (TPSA) is 128 Å². The molecule has 0 atom stereocenters. The van der Waals surface area contributed by atoms with Crippen LogP contribution in [0.1, 0.15) is 21.5 Å². The Morgan fingerprint density at radius 1 is 0.974 bits per heavy atom. The highest BCUT2D eigenvalue weighted by atomic mass is 32.2. The van der Waals surface area contributed by atoms with E-state index in [1.54, 1.807) is 23.0 Å². The number of nitrogens with zero attached hydrogens (tertiary/aromatic N) is 5. The number of rotatable bonds is 9. The van der Waals surface area contributed by atoms with Gasteiger partial charge in [-0.25, -0.2) is 22.9 Å². The number of ether oxygens (including phenoxy) is 1. The van der Waals surface area contributed by atoms with Gasteiger partial charge in [-0.2, -0.15) is 5.10 Å². The van der Waals surface area contributed by atoms with Crippen LogP contribution in [0.2, 0.25) is 0 Å². The normalized spacial score (nSPS) is 11.4. The van der Waals surface area contributed by atoms with Crippen LogP contribution in [-0.4, -0.2) is 46.4 Å². The van der Waals surface area contributed by atoms with Gasteiger partial charge in [-0.15, -0.1) is 0 Å². The van der Waals surface area contributed by atoms with Crippen molar-refractivity contribution in [2.45, 2.75) is 18.0 Å². The number of sulfonamides is 1. The van der Waals surface area contributed by atoms with E-state index in [1.807, 2.05) is 30.3 Å². The summed E-state index contributed by atoms with van der Waals surface area (Å²) in [6, 6.07) is 18.9. The fourth-order valence-electron chi connectivity index (χ4n) is 4.13. The molecule has 5 aromatic rings. The first kappa shape index (κ1) is 24.9. The van der Waals surface area contributed by atoms with Crippen molar-refractivity contribution in [2.24, 2.45) is 0 Å². The summed E-state index contributed by atoms with van der Waals surface area (Å²) < 4.78 is 36.0. The first-order valence-corrected chi connectivity index (χ1v) is 13.0. The summed E-state index contributed by atoms with van der Waals surface area (Å²) in [5.41, 5.74) is 1.60. The van der Waals surface area contributed by atoms with E-state index in [2.05, 4.69) is 15.1 Å². The fourth-order valence-corrected chi connectivity index (χ4v) is 5.62. The molecule has 0 aliphatic carbocycles. The van der Waals surface area contributed by atoms with E-state index in [1.165, 1.54) is 50.0 Å². The highest BCUT2D eigenvalue weighted by molar-refractivity contribution is 7.92. The quantitative estimate of drug-likeness (QED) is 0.304. The van der Waals surface area contributed by atoms with Gasteiger partial charge in [-0.1, -0.05) is 36.4 Å². The molecule has 1 N–H and O–H groups in total. The van der Waals surface area contributed by atoms with Gasteiger partial charge < -0.3 is 9.84 Å². The molecule has 0 radical (unpaired) electrons. The SMILES string of the molecule is COc1ccc(S(=O)(=O)N(Cc2cccnc2)c2c(C(=O)O)cnc3c2cnn3Cc2ccccc2)cc1. The summed E-state index contributed by atoms with van der Waals surface area (Å²) in [6.07, 6.45) is 5.73. The van der Waals surface area contributed by atoms with E-state index in [4.69, 9.17) is 4.74 Å². The van der Waals surface area contributed by atoms with Crippen LogP contribution in [0, 0.1) is 0 Å². The van der Waals surface area contributed by atoms with Crippen molar-refractivity contribution in [1.29, 1.82) is 0 Å². The molecule has 0 spiro atoms. The number of aromatic carboxylic acids is 1. The molecule has 0 aliphatic heterocycles. The van der Waals surface area contributed by atoms with Gasteiger partial charge in [0.05, 0.1) is 42.4 Å². The maximum absolute atomic E-state index is 14.1. The van der Waals surface area contributed by atoms with Gasteiger partial charge in [0, 0.05) is 18.6 Å². The maximum atomic E-state index is 14.1. The molecule has 10 nitrogen and oxygen atoms in total. The summed E-state index contributed by atoms with van der Waals surface area (Å²) in [5, 5.41) is 14.8. The molecule has 0 unspecified atom stereocenters. The smallest absolute Gasteiger partial charge is 0.339 e. The molecule has 0 bridgehead atoms. The van der Waals surface area contributed by atoms with Gasteiger partial charge >= 0.3 is 5.97 Å². The Morgan fingerprint density at radius 2 is 1.71 bits per heavy atom. The maximum Gasteiger partial charge on any atom is 0.339 e. The van der Waals surface area contributed by atoms with Gasteiger partial charge in [-0.05, 0) is 41.5 Å². The highest BCUT2D eigenvalue weighted by Gasteiger charge is 2.32. The lowest BCUT2D eigenvalue weighted by Crippen LogP contribution is -2.32. The van der Waals surface area contributed by atoms with Crippen LogP contribution < -0.4 is 9.04 Å². The van der Waals surface area contributed by atoms with E-state index in [0.717, 1.165) is 9.87 Å². The highest BCUT2D eigenvalue weighted by Crippen LogP contribution is 2.35. The predicted octanol–water partition coefficient (Wildman–Crippen LogP) is 3.98. The molecule has 0 saturated carbocycles. The van der Waals surface area contributed by atoms with Gasteiger partial charge in [0.1, 0.15) is 11.3 Å². The second kappa shape index (κ2) is 10.3. The van der Waals surface area contributed by atoms with Crippen molar-refractivity contribution in [2.75, 3.05) is 11.4 Å². The van der Waals surface area contributed by atoms with Gasteiger partial charge in [0.25, 0.3) is 10.0 Å². The van der Waals surface area contributed by atoms with Crippen molar-refractivity contribution in [3.05, 3.63) is 108 Å². The lowest BCUT2D eigenvalue weighted by molar-refractivity contribution is 0.0697. The number of hydrogen-bond donors (Lipinski definition) is 1. The van der Waals surface area contributed by atoms with Crippen LogP contribution in [0.3, 0.4) is 0 Å². The molecule has 0 amide bonds. The van der Waals surface area contributed by atoms with Crippen LogP contribution in [0.15, 0.2) is 96.4 Å². The third kappa shape index (κ3) is 4.78.